The Bertz CT molecular complexity index is 658. The first-order valence-electron chi connectivity index (χ1n) is 8.20. The van der Waals surface area contributed by atoms with Gasteiger partial charge in [-0.15, -0.1) is 0 Å². The number of ether oxygens (including phenoxy) is 2. The first kappa shape index (κ1) is 15.5. The van der Waals surface area contributed by atoms with Crippen molar-refractivity contribution in [2.45, 2.75) is 19.8 Å². The molecule has 2 N–H and O–H groups in total. The molecule has 0 aliphatic carbocycles. The Balaban J connectivity index is 1.46. The SMILES string of the molecule is Cc1ccccc1OCCCCN1CCOc2cc(N)ccc21. The summed E-state index contributed by atoms with van der Waals surface area (Å²) in [5.41, 5.74) is 8.90. The normalized spacial score (nSPS) is 13.3. The van der Waals surface area contributed by atoms with E-state index in [0.717, 1.165) is 62.0 Å². The summed E-state index contributed by atoms with van der Waals surface area (Å²) < 4.78 is 11.5. The molecule has 1 aliphatic rings. The molecule has 3 rings (SSSR count). The molecule has 4 nitrogen and oxygen atoms in total. The minimum absolute atomic E-state index is 0.718. The van der Waals surface area contributed by atoms with Crippen LogP contribution in [0.4, 0.5) is 11.4 Å². The van der Waals surface area contributed by atoms with Crippen LogP contribution in [0.5, 0.6) is 11.5 Å². The van der Waals surface area contributed by atoms with Gasteiger partial charge in [0.2, 0.25) is 0 Å². The number of fused-ring (bicyclic) bond motifs is 1. The highest BCUT2D eigenvalue weighted by Crippen LogP contribution is 2.33. The number of hydrogen-bond acceptors (Lipinski definition) is 4. The second-order valence-corrected chi connectivity index (χ2v) is 5.88. The molecule has 0 unspecified atom stereocenters. The molecular weight excluding hydrogens is 288 g/mol. The van der Waals surface area contributed by atoms with E-state index >= 15 is 0 Å². The van der Waals surface area contributed by atoms with Crippen molar-refractivity contribution in [1.29, 1.82) is 0 Å². The number of unbranched alkanes of at least 4 members (excludes halogenated alkanes) is 1. The van der Waals surface area contributed by atoms with E-state index in [2.05, 4.69) is 17.9 Å². The van der Waals surface area contributed by atoms with Gasteiger partial charge < -0.3 is 20.1 Å². The van der Waals surface area contributed by atoms with Crippen LogP contribution in [0, 0.1) is 6.92 Å². The van der Waals surface area contributed by atoms with Gasteiger partial charge in [0.1, 0.15) is 18.1 Å². The van der Waals surface area contributed by atoms with Crippen LogP contribution in [0.25, 0.3) is 0 Å². The molecule has 2 aromatic carbocycles. The second-order valence-electron chi connectivity index (χ2n) is 5.88. The predicted molar refractivity (Wildman–Crippen MR) is 94.5 cm³/mol. The number of nitrogens with two attached hydrogens (primary N) is 1. The predicted octanol–water partition coefficient (Wildman–Crippen LogP) is 3.64. The molecule has 0 radical (unpaired) electrons. The van der Waals surface area contributed by atoms with Crippen LogP contribution in [-0.2, 0) is 0 Å². The lowest BCUT2D eigenvalue weighted by molar-refractivity contribution is 0.296. The largest absolute Gasteiger partial charge is 0.493 e. The molecule has 0 fully saturated rings. The maximum absolute atomic E-state index is 5.85. The number of nitrogens with zero attached hydrogens (tertiary/aromatic N) is 1. The molecule has 0 saturated carbocycles. The van der Waals surface area contributed by atoms with Gasteiger partial charge in [0.15, 0.2) is 0 Å². The Labute approximate surface area is 137 Å². The quantitative estimate of drug-likeness (QED) is 0.653. The van der Waals surface area contributed by atoms with E-state index in [4.69, 9.17) is 15.2 Å². The van der Waals surface area contributed by atoms with Gasteiger partial charge in [-0.05, 0) is 43.5 Å². The number of benzene rings is 2. The summed E-state index contributed by atoms with van der Waals surface area (Å²) >= 11 is 0. The number of anilines is 2. The minimum Gasteiger partial charge on any atom is -0.493 e. The van der Waals surface area contributed by atoms with Crippen LogP contribution in [0.3, 0.4) is 0 Å². The summed E-state index contributed by atoms with van der Waals surface area (Å²) in [6.07, 6.45) is 2.13. The Kier molecular flexibility index (Phi) is 4.91. The average molecular weight is 312 g/mol. The van der Waals surface area contributed by atoms with E-state index < -0.39 is 0 Å². The van der Waals surface area contributed by atoms with Crippen molar-refractivity contribution in [3.05, 3.63) is 48.0 Å². The van der Waals surface area contributed by atoms with Gasteiger partial charge in [-0.3, -0.25) is 0 Å². The molecule has 0 bridgehead atoms. The van der Waals surface area contributed by atoms with Gasteiger partial charge >= 0.3 is 0 Å². The summed E-state index contributed by atoms with van der Waals surface area (Å²) in [5.74, 6) is 1.88. The Morgan fingerprint density at radius 1 is 1.17 bits per heavy atom. The third-order valence-corrected chi connectivity index (χ3v) is 4.12. The van der Waals surface area contributed by atoms with E-state index in [1.54, 1.807) is 0 Å². The zero-order valence-corrected chi connectivity index (χ0v) is 13.6. The maximum atomic E-state index is 5.85. The highest BCUT2D eigenvalue weighted by molar-refractivity contribution is 5.65. The van der Waals surface area contributed by atoms with Crippen LogP contribution >= 0.6 is 0 Å². The number of para-hydroxylation sites is 1. The Hall–Kier alpha value is -2.36. The van der Waals surface area contributed by atoms with Crippen molar-refractivity contribution < 1.29 is 9.47 Å². The van der Waals surface area contributed by atoms with Crippen LogP contribution in [0.2, 0.25) is 0 Å². The summed E-state index contributed by atoms with van der Waals surface area (Å²) in [6.45, 7) is 5.48. The molecule has 0 aromatic heterocycles. The standard InChI is InChI=1S/C19H24N2O2/c1-15-6-2-3-7-18(15)22-12-5-4-10-21-11-13-23-19-14-16(20)8-9-17(19)21/h2-3,6-9,14H,4-5,10-13,20H2,1H3. The Morgan fingerprint density at radius 2 is 2.04 bits per heavy atom. The average Bonchev–Trinajstić information content (AvgIpc) is 2.56. The highest BCUT2D eigenvalue weighted by Gasteiger charge is 2.17. The van der Waals surface area contributed by atoms with Crippen molar-refractivity contribution in [3.8, 4) is 11.5 Å². The van der Waals surface area contributed by atoms with Gasteiger partial charge in [-0.2, -0.15) is 0 Å². The fraction of sp³-hybridized carbons (Fsp3) is 0.368. The van der Waals surface area contributed by atoms with Gasteiger partial charge in [0, 0.05) is 18.3 Å². The molecule has 122 valence electrons. The van der Waals surface area contributed by atoms with E-state index in [0.29, 0.717) is 0 Å². The third kappa shape index (κ3) is 3.89. The summed E-state index contributed by atoms with van der Waals surface area (Å²) in [6, 6.07) is 14.0. The van der Waals surface area contributed by atoms with Crippen molar-refractivity contribution in [1.82, 2.24) is 0 Å². The number of rotatable bonds is 6. The van der Waals surface area contributed by atoms with E-state index in [-0.39, 0.29) is 0 Å². The smallest absolute Gasteiger partial charge is 0.144 e. The molecule has 4 heteroatoms. The molecule has 0 spiro atoms. The van der Waals surface area contributed by atoms with Crippen molar-refractivity contribution in [3.63, 3.8) is 0 Å². The minimum atomic E-state index is 0.718. The van der Waals surface area contributed by atoms with Gasteiger partial charge in [0.05, 0.1) is 18.8 Å². The van der Waals surface area contributed by atoms with Crippen molar-refractivity contribution >= 4 is 11.4 Å². The molecule has 23 heavy (non-hydrogen) atoms. The topological polar surface area (TPSA) is 47.7 Å². The monoisotopic (exact) mass is 312 g/mol. The molecule has 0 saturated heterocycles. The second kappa shape index (κ2) is 7.27. The van der Waals surface area contributed by atoms with Crippen LogP contribution < -0.4 is 20.1 Å². The van der Waals surface area contributed by atoms with Crippen molar-refractivity contribution in [2.75, 3.05) is 36.9 Å². The summed E-state index contributed by atoms with van der Waals surface area (Å²) in [4.78, 5) is 2.37. The van der Waals surface area contributed by atoms with Gasteiger partial charge in [-0.1, -0.05) is 18.2 Å². The summed E-state index contributed by atoms with van der Waals surface area (Å²) in [7, 11) is 0. The molecule has 0 atom stereocenters. The lowest BCUT2D eigenvalue weighted by atomic mass is 10.2. The molecule has 2 aromatic rings. The zero-order chi connectivity index (χ0) is 16.1. The first-order valence-corrected chi connectivity index (χ1v) is 8.20. The molecule has 1 aliphatic heterocycles. The van der Waals surface area contributed by atoms with E-state index in [1.165, 1.54) is 5.56 Å². The Morgan fingerprint density at radius 3 is 2.91 bits per heavy atom. The number of nitrogen functional groups attached to an aromatic ring is 1. The number of aryl methyl sites for hydroxylation is 1. The number of hydrogen-bond donors (Lipinski definition) is 1. The van der Waals surface area contributed by atoms with Gasteiger partial charge in [0.25, 0.3) is 0 Å². The van der Waals surface area contributed by atoms with Crippen LogP contribution in [-0.4, -0.2) is 26.3 Å². The lowest BCUT2D eigenvalue weighted by Gasteiger charge is -2.31. The van der Waals surface area contributed by atoms with E-state index in [9.17, 15) is 0 Å². The summed E-state index contributed by atoms with van der Waals surface area (Å²) in [5, 5.41) is 0. The molecule has 1 heterocycles. The van der Waals surface area contributed by atoms with Crippen molar-refractivity contribution in [2.24, 2.45) is 0 Å². The lowest BCUT2D eigenvalue weighted by Crippen LogP contribution is -2.33. The van der Waals surface area contributed by atoms with E-state index in [1.807, 2.05) is 36.4 Å². The fourth-order valence-electron chi connectivity index (χ4n) is 2.83. The highest BCUT2D eigenvalue weighted by atomic mass is 16.5. The first-order chi connectivity index (χ1) is 11.2. The van der Waals surface area contributed by atoms with Crippen LogP contribution in [0.1, 0.15) is 18.4 Å². The van der Waals surface area contributed by atoms with Gasteiger partial charge in [-0.25, -0.2) is 0 Å². The molecular formula is C19H24N2O2. The maximum Gasteiger partial charge on any atom is 0.144 e. The molecule has 0 amide bonds. The fourth-order valence-corrected chi connectivity index (χ4v) is 2.83. The van der Waals surface area contributed by atoms with Crippen LogP contribution in [0.15, 0.2) is 42.5 Å². The third-order valence-electron chi connectivity index (χ3n) is 4.12. The zero-order valence-electron chi connectivity index (χ0n) is 13.6.